The van der Waals surface area contributed by atoms with E-state index in [4.69, 9.17) is 0 Å². The van der Waals surface area contributed by atoms with Crippen LogP contribution in [-0.2, 0) is 4.79 Å². The van der Waals surface area contributed by atoms with Gasteiger partial charge in [-0.15, -0.1) is 0 Å². The molecule has 0 fully saturated rings. The second-order valence-corrected chi connectivity index (χ2v) is 3.32. The van der Waals surface area contributed by atoms with Crippen LogP contribution in [-0.4, -0.2) is 27.9 Å². The molecule has 0 aliphatic heterocycles. The Kier molecular flexibility index (Phi) is 3.93. The van der Waals surface area contributed by atoms with Crippen LogP contribution < -0.4 is 10.9 Å². The predicted molar refractivity (Wildman–Crippen MR) is 57.1 cm³/mol. The summed E-state index contributed by atoms with van der Waals surface area (Å²) in [5.74, 6) is -0.539. The number of rotatable bonds is 4. The van der Waals surface area contributed by atoms with Crippen molar-refractivity contribution < 1.29 is 9.59 Å². The van der Waals surface area contributed by atoms with Crippen molar-refractivity contribution in [1.82, 2.24) is 15.5 Å². The number of aromatic nitrogens is 2. The zero-order valence-electron chi connectivity index (χ0n) is 9.11. The van der Waals surface area contributed by atoms with Crippen molar-refractivity contribution >= 4 is 11.7 Å². The molecule has 6 nitrogen and oxygen atoms in total. The molecule has 0 spiro atoms. The Labute approximate surface area is 92.1 Å². The summed E-state index contributed by atoms with van der Waals surface area (Å²) in [4.78, 5) is 33.5. The predicted octanol–water partition coefficient (Wildman–Crippen LogP) is -0.133. The van der Waals surface area contributed by atoms with Crippen LogP contribution in [0.4, 0.5) is 0 Å². The van der Waals surface area contributed by atoms with E-state index < -0.39 is 11.9 Å². The lowest BCUT2D eigenvalue weighted by Crippen LogP contribution is -2.38. The number of nitrogens with zero attached hydrogens (tertiary/aromatic N) is 1. The summed E-state index contributed by atoms with van der Waals surface area (Å²) in [6.07, 6.45) is 0.362. The Morgan fingerprint density at radius 3 is 2.69 bits per heavy atom. The summed E-state index contributed by atoms with van der Waals surface area (Å²) in [5, 5.41) is 8.19. The maximum absolute atomic E-state index is 11.5. The average molecular weight is 223 g/mol. The number of H-pyrrole nitrogens is 1. The van der Waals surface area contributed by atoms with Gasteiger partial charge in [-0.1, -0.05) is 6.92 Å². The Balaban J connectivity index is 2.69. The van der Waals surface area contributed by atoms with Gasteiger partial charge >= 0.3 is 0 Å². The van der Waals surface area contributed by atoms with Gasteiger partial charge in [0.2, 0.25) is 0 Å². The molecule has 0 aromatic carbocycles. The number of Topliss-reactive ketones (excluding diaryl/α,β-unsaturated/α-hetero) is 1. The summed E-state index contributed by atoms with van der Waals surface area (Å²) < 4.78 is 0. The molecule has 1 aromatic heterocycles. The number of carbonyl (C=O) groups is 2. The van der Waals surface area contributed by atoms with Crippen LogP contribution in [0.25, 0.3) is 0 Å². The monoisotopic (exact) mass is 223 g/mol. The van der Waals surface area contributed by atoms with Gasteiger partial charge in [0, 0.05) is 12.5 Å². The highest BCUT2D eigenvalue weighted by atomic mass is 16.2. The van der Waals surface area contributed by atoms with Gasteiger partial charge in [0.25, 0.3) is 11.5 Å². The first-order chi connectivity index (χ1) is 7.54. The lowest BCUT2D eigenvalue weighted by molar-refractivity contribution is -0.120. The van der Waals surface area contributed by atoms with Gasteiger partial charge in [-0.05, 0) is 13.0 Å². The molecule has 6 heteroatoms. The van der Waals surface area contributed by atoms with Crippen LogP contribution >= 0.6 is 0 Å². The van der Waals surface area contributed by atoms with Gasteiger partial charge in [0.05, 0.1) is 6.04 Å². The van der Waals surface area contributed by atoms with Crippen molar-refractivity contribution in [3.05, 3.63) is 28.2 Å². The number of ketones is 1. The third-order valence-corrected chi connectivity index (χ3v) is 2.09. The smallest absolute Gasteiger partial charge is 0.272 e. The van der Waals surface area contributed by atoms with Gasteiger partial charge in [-0.3, -0.25) is 14.4 Å². The zero-order valence-corrected chi connectivity index (χ0v) is 9.11. The fourth-order valence-electron chi connectivity index (χ4n) is 1.13. The van der Waals surface area contributed by atoms with Gasteiger partial charge in [-0.2, -0.15) is 5.10 Å². The first kappa shape index (κ1) is 12.1. The Morgan fingerprint density at radius 2 is 2.19 bits per heavy atom. The summed E-state index contributed by atoms with van der Waals surface area (Å²) >= 11 is 0. The van der Waals surface area contributed by atoms with Crippen LogP contribution in [0, 0.1) is 0 Å². The van der Waals surface area contributed by atoms with Crippen molar-refractivity contribution in [3.8, 4) is 0 Å². The highest BCUT2D eigenvalue weighted by molar-refractivity contribution is 5.96. The van der Waals surface area contributed by atoms with Crippen molar-refractivity contribution in [2.45, 2.75) is 26.3 Å². The second kappa shape index (κ2) is 5.20. The van der Waals surface area contributed by atoms with Crippen LogP contribution in [0.15, 0.2) is 16.9 Å². The first-order valence-corrected chi connectivity index (χ1v) is 4.94. The van der Waals surface area contributed by atoms with Crippen LogP contribution in [0.1, 0.15) is 30.8 Å². The molecular weight excluding hydrogens is 210 g/mol. The van der Waals surface area contributed by atoms with E-state index in [1.807, 2.05) is 0 Å². The summed E-state index contributed by atoms with van der Waals surface area (Å²) in [5.41, 5.74) is -0.301. The Morgan fingerprint density at radius 1 is 1.50 bits per heavy atom. The van der Waals surface area contributed by atoms with E-state index in [2.05, 4.69) is 15.5 Å². The van der Waals surface area contributed by atoms with Gasteiger partial charge in [0.1, 0.15) is 5.69 Å². The lowest BCUT2D eigenvalue weighted by atomic mass is 10.1. The van der Waals surface area contributed by atoms with Crippen LogP contribution in [0.5, 0.6) is 0 Å². The van der Waals surface area contributed by atoms with E-state index in [9.17, 15) is 14.4 Å². The van der Waals surface area contributed by atoms with Crippen molar-refractivity contribution in [2.75, 3.05) is 0 Å². The summed E-state index contributed by atoms with van der Waals surface area (Å²) in [7, 11) is 0. The molecule has 0 saturated heterocycles. The molecule has 1 unspecified atom stereocenters. The van der Waals surface area contributed by atoms with Crippen molar-refractivity contribution in [1.29, 1.82) is 0 Å². The topological polar surface area (TPSA) is 91.9 Å². The minimum atomic E-state index is -0.550. The maximum atomic E-state index is 11.5. The van der Waals surface area contributed by atoms with E-state index >= 15 is 0 Å². The molecule has 1 atom stereocenters. The summed E-state index contributed by atoms with van der Waals surface area (Å²) in [6.45, 7) is 3.33. The Bertz CT molecular complexity index is 432. The van der Waals surface area contributed by atoms with Crippen molar-refractivity contribution in [2.24, 2.45) is 0 Å². The summed E-state index contributed by atoms with van der Waals surface area (Å²) in [6, 6.07) is 1.96. The number of hydrogen-bond donors (Lipinski definition) is 2. The molecule has 0 radical (unpaired) electrons. The maximum Gasteiger partial charge on any atom is 0.272 e. The molecular formula is C10H13N3O3. The van der Waals surface area contributed by atoms with E-state index in [1.165, 1.54) is 12.1 Å². The fourth-order valence-corrected chi connectivity index (χ4v) is 1.13. The number of nitrogens with one attached hydrogen (secondary N) is 2. The minimum Gasteiger partial charge on any atom is -0.341 e. The normalized spacial score (nSPS) is 11.9. The highest BCUT2D eigenvalue weighted by Crippen LogP contribution is 1.94. The largest absolute Gasteiger partial charge is 0.341 e. The zero-order chi connectivity index (χ0) is 12.1. The number of hydrogen-bond acceptors (Lipinski definition) is 4. The van der Waals surface area contributed by atoms with E-state index in [0.717, 1.165) is 0 Å². The number of aromatic amines is 1. The molecule has 1 aromatic rings. The number of carbonyl (C=O) groups excluding carboxylic acids is 2. The van der Waals surface area contributed by atoms with Gasteiger partial charge < -0.3 is 5.32 Å². The van der Waals surface area contributed by atoms with Gasteiger partial charge in [-0.25, -0.2) is 5.10 Å². The van der Waals surface area contributed by atoms with Crippen molar-refractivity contribution in [3.63, 3.8) is 0 Å². The second-order valence-electron chi connectivity index (χ2n) is 3.32. The SMILES string of the molecule is CCC(=O)C(C)NC(=O)c1ccc(=O)[nH]n1. The average Bonchev–Trinajstić information content (AvgIpc) is 2.28. The quantitative estimate of drug-likeness (QED) is 0.743. The molecule has 1 rings (SSSR count). The lowest BCUT2D eigenvalue weighted by Gasteiger charge is -2.10. The molecule has 0 saturated carbocycles. The standard InChI is InChI=1S/C10H13N3O3/c1-3-8(14)6(2)11-10(16)7-4-5-9(15)13-12-7/h4-6H,3H2,1-2H3,(H,11,16)(H,13,15). The van der Waals surface area contributed by atoms with E-state index in [-0.39, 0.29) is 17.0 Å². The first-order valence-electron chi connectivity index (χ1n) is 4.94. The molecule has 1 amide bonds. The van der Waals surface area contributed by atoms with E-state index in [0.29, 0.717) is 6.42 Å². The molecule has 86 valence electrons. The highest BCUT2D eigenvalue weighted by Gasteiger charge is 2.15. The van der Waals surface area contributed by atoms with E-state index in [1.54, 1.807) is 13.8 Å². The minimum absolute atomic E-state index is 0.0576. The third kappa shape index (κ3) is 3.01. The van der Waals surface area contributed by atoms with Crippen LogP contribution in [0.3, 0.4) is 0 Å². The third-order valence-electron chi connectivity index (χ3n) is 2.09. The Hall–Kier alpha value is -1.98. The number of amides is 1. The van der Waals surface area contributed by atoms with Crippen LogP contribution in [0.2, 0.25) is 0 Å². The molecule has 0 aliphatic rings. The molecule has 16 heavy (non-hydrogen) atoms. The van der Waals surface area contributed by atoms with Gasteiger partial charge in [0.15, 0.2) is 5.78 Å². The molecule has 0 aliphatic carbocycles. The molecule has 2 N–H and O–H groups in total. The molecule has 1 heterocycles. The molecule has 0 bridgehead atoms. The fraction of sp³-hybridized carbons (Fsp3) is 0.400.